The first-order chi connectivity index (χ1) is 7.88. The van der Waals surface area contributed by atoms with Crippen molar-refractivity contribution in [2.75, 3.05) is 6.54 Å². The highest BCUT2D eigenvalue weighted by molar-refractivity contribution is 7.89. The summed E-state index contributed by atoms with van der Waals surface area (Å²) in [7, 11) is -3.45. The van der Waals surface area contributed by atoms with E-state index >= 15 is 0 Å². The molecule has 2 atom stereocenters. The summed E-state index contributed by atoms with van der Waals surface area (Å²) in [6.07, 6.45) is 0. The molecule has 0 spiro atoms. The van der Waals surface area contributed by atoms with Crippen LogP contribution in [0.4, 0.5) is 0 Å². The van der Waals surface area contributed by atoms with Crippen LogP contribution in [0.3, 0.4) is 0 Å². The lowest BCUT2D eigenvalue weighted by Crippen LogP contribution is -2.39. The zero-order valence-corrected chi connectivity index (χ0v) is 11.3. The molecule has 17 heavy (non-hydrogen) atoms. The van der Waals surface area contributed by atoms with Crippen molar-refractivity contribution in [3.63, 3.8) is 0 Å². The Balaban J connectivity index is 2.94. The van der Waals surface area contributed by atoms with Gasteiger partial charge in [0.2, 0.25) is 10.0 Å². The van der Waals surface area contributed by atoms with Gasteiger partial charge in [0.15, 0.2) is 0 Å². The van der Waals surface area contributed by atoms with E-state index in [2.05, 4.69) is 4.72 Å². The number of nitrogens with two attached hydrogens (primary N) is 1. The Bertz CT molecular complexity index is 471. The lowest BCUT2D eigenvalue weighted by molar-refractivity contribution is 0.453. The van der Waals surface area contributed by atoms with Gasteiger partial charge in [-0.15, -0.1) is 0 Å². The number of hydrogen-bond acceptors (Lipinski definition) is 3. The minimum Gasteiger partial charge on any atom is -0.330 e. The third kappa shape index (κ3) is 3.52. The van der Waals surface area contributed by atoms with E-state index in [4.69, 9.17) is 5.73 Å². The summed E-state index contributed by atoms with van der Waals surface area (Å²) < 4.78 is 26.9. The van der Waals surface area contributed by atoms with Crippen LogP contribution in [0.2, 0.25) is 0 Å². The Morgan fingerprint density at radius 2 is 1.88 bits per heavy atom. The van der Waals surface area contributed by atoms with Crippen LogP contribution >= 0.6 is 0 Å². The van der Waals surface area contributed by atoms with E-state index in [1.165, 1.54) is 0 Å². The Labute approximate surface area is 103 Å². The van der Waals surface area contributed by atoms with Crippen molar-refractivity contribution < 1.29 is 8.42 Å². The Morgan fingerprint density at radius 1 is 1.29 bits per heavy atom. The predicted molar refractivity (Wildman–Crippen MR) is 69.2 cm³/mol. The van der Waals surface area contributed by atoms with Gasteiger partial charge in [-0.3, -0.25) is 0 Å². The molecular formula is C12H20N2O2S. The lowest BCUT2D eigenvalue weighted by atomic mass is 10.1. The monoisotopic (exact) mass is 256 g/mol. The molecule has 1 rings (SSSR count). The fourth-order valence-corrected chi connectivity index (χ4v) is 3.08. The minimum atomic E-state index is -3.45. The number of aryl methyl sites for hydroxylation is 1. The van der Waals surface area contributed by atoms with E-state index in [0.717, 1.165) is 5.56 Å². The van der Waals surface area contributed by atoms with Crippen molar-refractivity contribution in [3.8, 4) is 0 Å². The summed E-state index contributed by atoms with van der Waals surface area (Å²) in [6, 6.07) is 6.76. The average Bonchev–Trinajstić information content (AvgIpc) is 2.27. The quantitative estimate of drug-likeness (QED) is 0.833. The van der Waals surface area contributed by atoms with Crippen molar-refractivity contribution in [3.05, 3.63) is 29.8 Å². The average molecular weight is 256 g/mol. The summed E-state index contributed by atoms with van der Waals surface area (Å²) in [6.45, 7) is 5.99. The van der Waals surface area contributed by atoms with Crippen molar-refractivity contribution in [2.24, 2.45) is 11.7 Å². The van der Waals surface area contributed by atoms with Crippen LogP contribution in [-0.4, -0.2) is 21.0 Å². The molecule has 0 aromatic heterocycles. The van der Waals surface area contributed by atoms with Gasteiger partial charge >= 0.3 is 0 Å². The molecule has 0 aliphatic rings. The summed E-state index contributed by atoms with van der Waals surface area (Å²) in [5.41, 5.74) is 6.27. The topological polar surface area (TPSA) is 72.2 Å². The molecule has 1 aromatic carbocycles. The van der Waals surface area contributed by atoms with E-state index in [9.17, 15) is 8.42 Å². The highest BCUT2D eigenvalue weighted by atomic mass is 32.2. The van der Waals surface area contributed by atoms with E-state index in [0.29, 0.717) is 11.4 Å². The first-order valence-corrected chi connectivity index (χ1v) is 7.15. The summed E-state index contributed by atoms with van der Waals surface area (Å²) in [4.78, 5) is 0.330. The first-order valence-electron chi connectivity index (χ1n) is 5.66. The lowest BCUT2D eigenvalue weighted by Gasteiger charge is -2.20. The molecular weight excluding hydrogens is 236 g/mol. The molecule has 1 aromatic rings. The smallest absolute Gasteiger partial charge is 0.241 e. The Hall–Kier alpha value is -0.910. The van der Waals surface area contributed by atoms with Crippen LogP contribution in [0.25, 0.3) is 0 Å². The van der Waals surface area contributed by atoms with E-state index in [1.807, 2.05) is 19.9 Å². The van der Waals surface area contributed by atoms with Gasteiger partial charge in [-0.2, -0.15) is 0 Å². The number of nitrogens with one attached hydrogen (secondary N) is 1. The Kier molecular flexibility index (Phi) is 4.68. The Morgan fingerprint density at radius 3 is 2.41 bits per heavy atom. The predicted octanol–water partition coefficient (Wildman–Crippen LogP) is 1.26. The maximum atomic E-state index is 12.1. The van der Waals surface area contributed by atoms with Crippen LogP contribution in [0, 0.1) is 12.8 Å². The fourth-order valence-electron chi connectivity index (χ4n) is 1.49. The standard InChI is InChI=1S/C12H20N2O2S/c1-9-6-4-5-7-12(9)17(15,16)14-11(3)10(2)8-13/h4-7,10-11,14H,8,13H2,1-3H3. The number of benzene rings is 1. The first kappa shape index (κ1) is 14.2. The van der Waals surface area contributed by atoms with Gasteiger partial charge in [-0.05, 0) is 37.9 Å². The van der Waals surface area contributed by atoms with Gasteiger partial charge in [-0.25, -0.2) is 13.1 Å². The van der Waals surface area contributed by atoms with Crippen LogP contribution < -0.4 is 10.5 Å². The molecule has 0 bridgehead atoms. The summed E-state index contributed by atoms with van der Waals surface area (Å²) in [5.74, 6) is 0.105. The maximum Gasteiger partial charge on any atom is 0.241 e. The number of hydrogen-bond donors (Lipinski definition) is 2. The largest absolute Gasteiger partial charge is 0.330 e. The molecule has 96 valence electrons. The second kappa shape index (κ2) is 5.62. The van der Waals surface area contributed by atoms with Gasteiger partial charge in [0.25, 0.3) is 0 Å². The highest BCUT2D eigenvalue weighted by Crippen LogP contribution is 2.15. The number of sulfonamides is 1. The number of rotatable bonds is 5. The second-order valence-electron chi connectivity index (χ2n) is 4.39. The van der Waals surface area contributed by atoms with Gasteiger partial charge in [0.1, 0.15) is 0 Å². The van der Waals surface area contributed by atoms with Gasteiger partial charge in [0, 0.05) is 6.04 Å². The molecule has 0 radical (unpaired) electrons. The molecule has 0 aliphatic heterocycles. The van der Waals surface area contributed by atoms with Crippen molar-refractivity contribution in [1.29, 1.82) is 0 Å². The molecule has 0 saturated carbocycles. The van der Waals surface area contributed by atoms with Crippen LogP contribution in [0.1, 0.15) is 19.4 Å². The van der Waals surface area contributed by atoms with E-state index in [1.54, 1.807) is 25.1 Å². The van der Waals surface area contributed by atoms with Crippen LogP contribution in [0.15, 0.2) is 29.2 Å². The molecule has 0 aliphatic carbocycles. The van der Waals surface area contributed by atoms with Gasteiger partial charge in [-0.1, -0.05) is 25.1 Å². The van der Waals surface area contributed by atoms with Crippen molar-refractivity contribution in [1.82, 2.24) is 4.72 Å². The summed E-state index contributed by atoms with van der Waals surface area (Å²) in [5, 5.41) is 0. The molecule has 0 saturated heterocycles. The molecule has 5 heteroatoms. The zero-order valence-electron chi connectivity index (χ0n) is 10.5. The van der Waals surface area contributed by atoms with Gasteiger partial charge < -0.3 is 5.73 Å². The van der Waals surface area contributed by atoms with Crippen molar-refractivity contribution in [2.45, 2.75) is 31.7 Å². The maximum absolute atomic E-state index is 12.1. The molecule has 3 N–H and O–H groups in total. The minimum absolute atomic E-state index is 0.105. The van der Waals surface area contributed by atoms with Crippen LogP contribution in [0.5, 0.6) is 0 Å². The normalized spacial score (nSPS) is 15.5. The van der Waals surface area contributed by atoms with Gasteiger partial charge in [0.05, 0.1) is 4.90 Å². The van der Waals surface area contributed by atoms with E-state index in [-0.39, 0.29) is 12.0 Å². The molecule has 0 amide bonds. The SMILES string of the molecule is Cc1ccccc1S(=O)(=O)NC(C)C(C)CN. The molecule has 0 heterocycles. The van der Waals surface area contributed by atoms with E-state index < -0.39 is 10.0 Å². The zero-order chi connectivity index (χ0) is 13.1. The third-order valence-corrected chi connectivity index (χ3v) is 4.67. The second-order valence-corrected chi connectivity index (χ2v) is 6.07. The molecule has 2 unspecified atom stereocenters. The fraction of sp³-hybridized carbons (Fsp3) is 0.500. The molecule has 4 nitrogen and oxygen atoms in total. The summed E-state index contributed by atoms with van der Waals surface area (Å²) >= 11 is 0. The van der Waals surface area contributed by atoms with Crippen LogP contribution in [-0.2, 0) is 10.0 Å². The van der Waals surface area contributed by atoms with Crippen molar-refractivity contribution >= 4 is 10.0 Å². The molecule has 0 fully saturated rings. The highest BCUT2D eigenvalue weighted by Gasteiger charge is 2.21. The third-order valence-electron chi connectivity index (χ3n) is 2.95.